The smallest absolute Gasteiger partial charge is 0.298 e. The van der Waals surface area contributed by atoms with Crippen molar-refractivity contribution in [2.75, 3.05) is 5.73 Å². The number of nitrogens with zero attached hydrogens (tertiary/aromatic N) is 3. The molecule has 0 saturated heterocycles. The molecule has 106 valence electrons. The first kappa shape index (κ1) is 14.7. The summed E-state index contributed by atoms with van der Waals surface area (Å²) in [6.07, 6.45) is 0. The number of anilines is 1. The molecular formula is C9H6Cl2N4O4S. The molecule has 0 unspecified atom stereocenters. The monoisotopic (exact) mass is 336 g/mol. The normalized spacial score (nSPS) is 11.6. The van der Waals surface area contributed by atoms with Crippen LogP contribution in [-0.2, 0) is 10.1 Å². The van der Waals surface area contributed by atoms with Crippen LogP contribution < -0.4 is 5.73 Å². The van der Waals surface area contributed by atoms with E-state index in [0.717, 1.165) is 12.1 Å². The van der Waals surface area contributed by atoms with Gasteiger partial charge in [0.15, 0.2) is 5.82 Å². The molecule has 0 fully saturated rings. The van der Waals surface area contributed by atoms with Crippen molar-refractivity contribution in [3.63, 3.8) is 0 Å². The van der Waals surface area contributed by atoms with Crippen LogP contribution in [-0.4, -0.2) is 33.0 Å². The molecule has 4 N–H and O–H groups in total. The predicted molar refractivity (Wildman–Crippen MR) is 71.2 cm³/mol. The molecule has 1 aromatic carbocycles. The van der Waals surface area contributed by atoms with Gasteiger partial charge in [-0.25, -0.2) is 0 Å². The van der Waals surface area contributed by atoms with Crippen LogP contribution in [0.15, 0.2) is 17.0 Å². The molecule has 0 amide bonds. The van der Waals surface area contributed by atoms with Crippen LogP contribution in [0.3, 0.4) is 0 Å². The third-order valence-electron chi connectivity index (χ3n) is 2.26. The SMILES string of the molecule is Nc1ccc(S(=O)(=O)O)c(O)c1-c1nc(Cl)nc(Cl)n1. The van der Waals surface area contributed by atoms with E-state index in [0.29, 0.717) is 0 Å². The van der Waals surface area contributed by atoms with Crippen LogP contribution in [0, 0.1) is 0 Å². The molecule has 0 atom stereocenters. The van der Waals surface area contributed by atoms with Crippen LogP contribution in [0.4, 0.5) is 5.69 Å². The Hall–Kier alpha value is -1.68. The average molecular weight is 337 g/mol. The number of hydrogen-bond donors (Lipinski definition) is 3. The van der Waals surface area contributed by atoms with E-state index in [4.69, 9.17) is 33.5 Å². The van der Waals surface area contributed by atoms with Crippen molar-refractivity contribution < 1.29 is 18.1 Å². The summed E-state index contributed by atoms with van der Waals surface area (Å²) in [5.41, 5.74) is 5.38. The van der Waals surface area contributed by atoms with Crippen LogP contribution in [0.25, 0.3) is 11.4 Å². The summed E-state index contributed by atoms with van der Waals surface area (Å²) in [6, 6.07) is 2.09. The Morgan fingerprint density at radius 2 is 1.65 bits per heavy atom. The first-order valence-corrected chi connectivity index (χ1v) is 7.06. The second-order valence-corrected chi connectivity index (χ2v) is 5.61. The molecule has 0 aliphatic carbocycles. The summed E-state index contributed by atoms with van der Waals surface area (Å²) in [4.78, 5) is 10.2. The Balaban J connectivity index is 2.80. The van der Waals surface area contributed by atoms with Crippen LogP contribution in [0.1, 0.15) is 0 Å². The van der Waals surface area contributed by atoms with E-state index in [1.54, 1.807) is 0 Å². The Bertz CT molecular complexity index is 777. The highest BCUT2D eigenvalue weighted by atomic mass is 35.5. The van der Waals surface area contributed by atoms with Crippen molar-refractivity contribution in [1.29, 1.82) is 0 Å². The van der Waals surface area contributed by atoms with E-state index >= 15 is 0 Å². The number of benzene rings is 1. The number of phenols is 1. The zero-order valence-electron chi connectivity index (χ0n) is 9.45. The second kappa shape index (κ2) is 5.02. The first-order valence-electron chi connectivity index (χ1n) is 4.86. The van der Waals surface area contributed by atoms with Gasteiger partial charge in [0.2, 0.25) is 10.6 Å². The molecule has 1 aromatic heterocycles. The minimum Gasteiger partial charge on any atom is -0.506 e. The summed E-state index contributed by atoms with van der Waals surface area (Å²) in [5.74, 6) is -1.04. The average Bonchev–Trinajstić information content (AvgIpc) is 2.25. The lowest BCUT2D eigenvalue weighted by molar-refractivity contribution is 0.445. The van der Waals surface area contributed by atoms with Gasteiger partial charge in [-0.3, -0.25) is 4.55 Å². The van der Waals surface area contributed by atoms with E-state index in [2.05, 4.69) is 15.0 Å². The van der Waals surface area contributed by atoms with Crippen molar-refractivity contribution in [3.05, 3.63) is 22.7 Å². The van der Waals surface area contributed by atoms with Gasteiger partial charge in [0.05, 0.1) is 5.56 Å². The maximum Gasteiger partial charge on any atom is 0.298 e. The first-order chi connectivity index (χ1) is 9.20. The van der Waals surface area contributed by atoms with Crippen molar-refractivity contribution in [2.24, 2.45) is 0 Å². The maximum absolute atomic E-state index is 11.1. The summed E-state index contributed by atoms with van der Waals surface area (Å²) >= 11 is 11.2. The number of phenolic OH excluding ortho intramolecular Hbond substituents is 1. The number of hydrogen-bond acceptors (Lipinski definition) is 7. The number of halogens is 2. The molecule has 0 saturated carbocycles. The van der Waals surface area contributed by atoms with Gasteiger partial charge in [-0.15, -0.1) is 0 Å². The lowest BCUT2D eigenvalue weighted by Gasteiger charge is -2.10. The molecule has 0 radical (unpaired) electrons. The quantitative estimate of drug-likeness (QED) is 0.551. The van der Waals surface area contributed by atoms with Gasteiger partial charge in [-0.2, -0.15) is 23.4 Å². The van der Waals surface area contributed by atoms with Crippen LogP contribution in [0.5, 0.6) is 5.75 Å². The molecule has 11 heteroatoms. The van der Waals surface area contributed by atoms with E-state index in [9.17, 15) is 13.5 Å². The Labute approximate surface area is 123 Å². The third-order valence-corrected chi connectivity index (χ3v) is 3.48. The molecule has 2 aromatic rings. The minimum atomic E-state index is -4.64. The zero-order valence-corrected chi connectivity index (χ0v) is 11.8. The summed E-state index contributed by atoms with van der Waals surface area (Å²) in [5, 5.41) is 9.40. The van der Waals surface area contributed by atoms with Crippen molar-refractivity contribution in [2.45, 2.75) is 4.90 Å². The van der Waals surface area contributed by atoms with Gasteiger partial charge >= 0.3 is 0 Å². The van der Waals surface area contributed by atoms with E-state index in [1.807, 2.05) is 0 Å². The number of rotatable bonds is 2. The predicted octanol–water partition coefficient (Wildman–Crippen LogP) is 1.38. The number of nitrogen functional groups attached to an aromatic ring is 1. The Kier molecular flexibility index (Phi) is 3.69. The standard InChI is InChI=1S/C9H6Cl2N4O4S/c10-8-13-7(14-9(11)15-8)5-3(12)1-2-4(6(5)16)20(17,18)19/h1-2,16H,12H2,(H,17,18,19). The highest BCUT2D eigenvalue weighted by Crippen LogP contribution is 2.37. The van der Waals surface area contributed by atoms with Crippen molar-refractivity contribution in [1.82, 2.24) is 15.0 Å². The third kappa shape index (κ3) is 2.75. The molecule has 20 heavy (non-hydrogen) atoms. The second-order valence-electron chi connectivity index (χ2n) is 3.55. The van der Waals surface area contributed by atoms with Gasteiger partial charge in [-0.05, 0) is 35.3 Å². The summed E-state index contributed by atoms with van der Waals surface area (Å²) < 4.78 is 31.3. The fourth-order valence-corrected chi connectivity index (χ4v) is 2.42. The zero-order chi connectivity index (χ0) is 15.1. The number of aromatic hydroxyl groups is 1. The number of aromatic nitrogens is 3. The van der Waals surface area contributed by atoms with Gasteiger partial charge in [0.1, 0.15) is 10.6 Å². The highest BCUT2D eigenvalue weighted by Gasteiger charge is 2.23. The lowest BCUT2D eigenvalue weighted by atomic mass is 10.1. The topological polar surface area (TPSA) is 139 Å². The van der Waals surface area contributed by atoms with Gasteiger partial charge in [0, 0.05) is 5.69 Å². The molecule has 0 spiro atoms. The summed E-state index contributed by atoms with van der Waals surface area (Å²) in [7, 11) is -4.64. The van der Waals surface area contributed by atoms with E-state index < -0.39 is 20.8 Å². The molecule has 0 aliphatic rings. The van der Waals surface area contributed by atoms with E-state index in [-0.39, 0.29) is 27.6 Å². The van der Waals surface area contributed by atoms with E-state index in [1.165, 1.54) is 0 Å². The van der Waals surface area contributed by atoms with Gasteiger partial charge in [-0.1, -0.05) is 0 Å². The number of nitrogens with two attached hydrogens (primary N) is 1. The summed E-state index contributed by atoms with van der Waals surface area (Å²) in [6.45, 7) is 0. The maximum atomic E-state index is 11.1. The molecule has 0 bridgehead atoms. The van der Waals surface area contributed by atoms with Crippen LogP contribution in [0.2, 0.25) is 10.6 Å². The van der Waals surface area contributed by atoms with Gasteiger partial charge in [0.25, 0.3) is 10.1 Å². The van der Waals surface area contributed by atoms with Crippen molar-refractivity contribution in [3.8, 4) is 17.1 Å². The fourth-order valence-electron chi connectivity index (χ4n) is 1.47. The Morgan fingerprint density at radius 3 is 2.15 bits per heavy atom. The highest BCUT2D eigenvalue weighted by molar-refractivity contribution is 7.86. The molecule has 1 heterocycles. The minimum absolute atomic E-state index is 0.0340. The molecular weight excluding hydrogens is 331 g/mol. The van der Waals surface area contributed by atoms with Crippen molar-refractivity contribution >= 4 is 39.0 Å². The van der Waals surface area contributed by atoms with Gasteiger partial charge < -0.3 is 10.8 Å². The molecule has 0 aliphatic heterocycles. The fraction of sp³-hybridized carbons (Fsp3) is 0. The Morgan fingerprint density at radius 1 is 1.10 bits per heavy atom. The largest absolute Gasteiger partial charge is 0.506 e. The van der Waals surface area contributed by atoms with Crippen LogP contribution >= 0.6 is 23.2 Å². The molecule has 8 nitrogen and oxygen atoms in total. The lowest BCUT2D eigenvalue weighted by Crippen LogP contribution is -2.03. The molecule has 2 rings (SSSR count).